The number of aromatic nitrogens is 2. The standard InChI is InChI=1S/C29H35F2N3O2S/c1-29(30,31)19-36-28-33-25-12-16-34(17-13-27(25)37-28)15-11-20-7-9-21(10-8-20)18-26(35)23-4-2-6-24-22(23)5-3-14-32-24/h2-6,14,20-21H,7-13,15-19H2,1H3. The Morgan fingerprint density at radius 3 is 2.70 bits per heavy atom. The number of pyridine rings is 1. The maximum absolute atomic E-state index is 13.1. The van der Waals surface area contributed by atoms with Crippen molar-refractivity contribution in [3.8, 4) is 5.19 Å². The molecule has 5 nitrogen and oxygen atoms in total. The van der Waals surface area contributed by atoms with Crippen LogP contribution in [0, 0.1) is 11.8 Å². The summed E-state index contributed by atoms with van der Waals surface area (Å²) >= 11 is 1.42. The van der Waals surface area contributed by atoms with Crippen LogP contribution < -0.4 is 4.74 Å². The second-order valence-corrected chi connectivity index (χ2v) is 11.8. The fourth-order valence-electron chi connectivity index (χ4n) is 5.67. The molecular formula is C29H35F2N3O2S. The lowest BCUT2D eigenvalue weighted by Crippen LogP contribution is -2.30. The number of ether oxygens (including phenoxy) is 1. The molecule has 1 fully saturated rings. The van der Waals surface area contributed by atoms with Crippen LogP contribution in [0.2, 0.25) is 0 Å². The van der Waals surface area contributed by atoms with Crippen LogP contribution in [0.4, 0.5) is 8.78 Å². The minimum Gasteiger partial charge on any atom is -0.464 e. The van der Waals surface area contributed by atoms with E-state index >= 15 is 0 Å². The number of carbonyl (C=O) groups is 1. The number of nitrogens with zero attached hydrogens (tertiary/aromatic N) is 3. The number of fused-ring (bicyclic) bond motifs is 2. The molecule has 0 N–H and O–H groups in total. The summed E-state index contributed by atoms with van der Waals surface area (Å²) in [6.45, 7) is 3.24. The third-order valence-electron chi connectivity index (χ3n) is 7.77. The van der Waals surface area contributed by atoms with Crippen LogP contribution in [-0.4, -0.2) is 52.8 Å². The van der Waals surface area contributed by atoms with E-state index in [0.717, 1.165) is 80.3 Å². The number of Topliss-reactive ketones (excluding diaryl/α,β-unsaturated/α-hetero) is 1. The first kappa shape index (κ1) is 26.2. The van der Waals surface area contributed by atoms with Gasteiger partial charge in [-0.1, -0.05) is 42.4 Å². The van der Waals surface area contributed by atoms with Crippen molar-refractivity contribution < 1.29 is 18.3 Å². The van der Waals surface area contributed by atoms with Gasteiger partial charge in [-0.05, 0) is 56.2 Å². The maximum Gasteiger partial charge on any atom is 0.278 e. The summed E-state index contributed by atoms with van der Waals surface area (Å²) in [6.07, 6.45) is 9.97. The van der Waals surface area contributed by atoms with Gasteiger partial charge in [0, 0.05) is 54.9 Å². The molecule has 1 saturated carbocycles. The number of hydrogen-bond donors (Lipinski definition) is 0. The number of alkyl halides is 2. The number of rotatable bonds is 9. The summed E-state index contributed by atoms with van der Waals surface area (Å²) in [5.41, 5.74) is 2.69. The quantitative estimate of drug-likeness (QED) is 0.294. The Labute approximate surface area is 221 Å². The summed E-state index contributed by atoms with van der Waals surface area (Å²) in [5, 5.41) is 1.32. The predicted molar refractivity (Wildman–Crippen MR) is 143 cm³/mol. The summed E-state index contributed by atoms with van der Waals surface area (Å²) in [4.78, 5) is 25.6. The van der Waals surface area contributed by atoms with Gasteiger partial charge in [-0.2, -0.15) is 0 Å². The molecule has 0 spiro atoms. The molecule has 0 atom stereocenters. The van der Waals surface area contributed by atoms with Gasteiger partial charge in [0.05, 0.1) is 11.2 Å². The van der Waals surface area contributed by atoms with E-state index in [-0.39, 0.29) is 5.78 Å². The fourth-order valence-corrected chi connectivity index (χ4v) is 6.61. The van der Waals surface area contributed by atoms with Crippen molar-refractivity contribution in [2.24, 2.45) is 11.8 Å². The van der Waals surface area contributed by atoms with Gasteiger partial charge < -0.3 is 9.64 Å². The fraction of sp³-hybridized carbons (Fsp3) is 0.552. The normalized spacial score (nSPS) is 20.9. The minimum absolute atomic E-state index is 0.240. The molecule has 0 amide bonds. The van der Waals surface area contributed by atoms with Gasteiger partial charge in [0.25, 0.3) is 11.1 Å². The topological polar surface area (TPSA) is 55.3 Å². The van der Waals surface area contributed by atoms with E-state index in [0.29, 0.717) is 17.5 Å². The highest BCUT2D eigenvalue weighted by molar-refractivity contribution is 7.13. The molecule has 0 bridgehead atoms. The van der Waals surface area contributed by atoms with E-state index in [1.54, 1.807) is 6.20 Å². The zero-order chi connectivity index (χ0) is 25.8. The Morgan fingerprint density at radius 2 is 1.89 bits per heavy atom. The third kappa shape index (κ3) is 6.90. The average molecular weight is 528 g/mol. The second kappa shape index (κ2) is 11.5. The van der Waals surface area contributed by atoms with Crippen molar-refractivity contribution in [1.29, 1.82) is 0 Å². The summed E-state index contributed by atoms with van der Waals surface area (Å²) in [6, 6.07) is 9.71. The van der Waals surface area contributed by atoms with Crippen LogP contribution in [0.25, 0.3) is 10.9 Å². The van der Waals surface area contributed by atoms with Crippen LogP contribution >= 0.6 is 11.3 Å². The molecule has 0 unspecified atom stereocenters. The van der Waals surface area contributed by atoms with Crippen LogP contribution in [0.1, 0.15) is 66.4 Å². The van der Waals surface area contributed by atoms with Crippen LogP contribution in [0.5, 0.6) is 5.19 Å². The molecule has 1 aliphatic carbocycles. The van der Waals surface area contributed by atoms with E-state index in [1.807, 2.05) is 30.3 Å². The van der Waals surface area contributed by atoms with Crippen LogP contribution in [0.3, 0.4) is 0 Å². The Hall–Kier alpha value is -2.45. The maximum atomic E-state index is 13.1. The smallest absolute Gasteiger partial charge is 0.278 e. The van der Waals surface area contributed by atoms with Gasteiger partial charge >= 0.3 is 0 Å². The second-order valence-electron chi connectivity index (χ2n) is 10.7. The van der Waals surface area contributed by atoms with Gasteiger partial charge in [-0.3, -0.25) is 9.78 Å². The zero-order valence-corrected chi connectivity index (χ0v) is 22.2. The van der Waals surface area contributed by atoms with E-state index in [1.165, 1.54) is 35.5 Å². The lowest BCUT2D eigenvalue weighted by molar-refractivity contribution is -0.0230. The lowest BCUT2D eigenvalue weighted by Gasteiger charge is -2.30. The molecule has 5 rings (SSSR count). The molecule has 3 heterocycles. The molecule has 37 heavy (non-hydrogen) atoms. The molecule has 198 valence electrons. The lowest BCUT2D eigenvalue weighted by atomic mass is 9.78. The minimum atomic E-state index is -2.84. The highest BCUT2D eigenvalue weighted by atomic mass is 32.1. The molecule has 0 radical (unpaired) electrons. The van der Waals surface area contributed by atoms with Crippen molar-refractivity contribution in [2.45, 2.75) is 64.2 Å². The van der Waals surface area contributed by atoms with Crippen molar-refractivity contribution >= 4 is 28.0 Å². The first-order valence-corrected chi connectivity index (χ1v) is 14.2. The van der Waals surface area contributed by atoms with Crippen molar-refractivity contribution in [2.75, 3.05) is 26.2 Å². The number of hydrogen-bond acceptors (Lipinski definition) is 6. The summed E-state index contributed by atoms with van der Waals surface area (Å²) in [5.74, 6) is -1.41. The number of benzene rings is 1. The van der Waals surface area contributed by atoms with Gasteiger partial charge in [0.2, 0.25) is 0 Å². The van der Waals surface area contributed by atoms with Crippen molar-refractivity contribution in [3.05, 3.63) is 52.7 Å². The summed E-state index contributed by atoms with van der Waals surface area (Å²) in [7, 11) is 0. The predicted octanol–water partition coefficient (Wildman–Crippen LogP) is 6.60. The number of halogens is 2. The van der Waals surface area contributed by atoms with Crippen LogP contribution in [-0.2, 0) is 12.8 Å². The third-order valence-corrected chi connectivity index (χ3v) is 8.84. The largest absolute Gasteiger partial charge is 0.464 e. The first-order valence-electron chi connectivity index (χ1n) is 13.4. The Kier molecular flexibility index (Phi) is 8.15. The van der Waals surface area contributed by atoms with Gasteiger partial charge in [0.1, 0.15) is 0 Å². The zero-order valence-electron chi connectivity index (χ0n) is 21.4. The SMILES string of the molecule is CC(F)(F)COc1nc2c(s1)CCN(CCC1CCC(CC(=O)c3cccc4ncccc34)CC1)CC2. The van der Waals surface area contributed by atoms with E-state index in [9.17, 15) is 13.6 Å². The van der Waals surface area contributed by atoms with Crippen molar-refractivity contribution in [3.63, 3.8) is 0 Å². The number of thiazole rings is 1. The molecule has 1 aromatic carbocycles. The molecule has 2 aliphatic rings. The molecular weight excluding hydrogens is 492 g/mol. The highest BCUT2D eigenvalue weighted by Gasteiger charge is 2.26. The monoisotopic (exact) mass is 527 g/mol. The van der Waals surface area contributed by atoms with Gasteiger partial charge in [-0.15, -0.1) is 0 Å². The molecule has 8 heteroatoms. The molecule has 2 aromatic heterocycles. The average Bonchev–Trinajstić information content (AvgIpc) is 3.19. The number of carbonyl (C=O) groups excluding carboxylic acids is 1. The van der Waals surface area contributed by atoms with E-state index < -0.39 is 12.5 Å². The van der Waals surface area contributed by atoms with Gasteiger partial charge in [0.15, 0.2) is 12.4 Å². The summed E-state index contributed by atoms with van der Waals surface area (Å²) < 4.78 is 31.4. The molecule has 3 aromatic rings. The van der Waals surface area contributed by atoms with E-state index in [2.05, 4.69) is 14.9 Å². The molecule has 1 aliphatic heterocycles. The van der Waals surface area contributed by atoms with Crippen LogP contribution in [0.15, 0.2) is 36.5 Å². The molecule has 0 saturated heterocycles. The Balaban J connectivity index is 1.04. The van der Waals surface area contributed by atoms with E-state index in [4.69, 9.17) is 4.74 Å². The Morgan fingerprint density at radius 1 is 1.11 bits per heavy atom. The first-order chi connectivity index (χ1) is 17.8. The number of ketones is 1. The highest BCUT2D eigenvalue weighted by Crippen LogP contribution is 2.35. The van der Waals surface area contributed by atoms with Crippen molar-refractivity contribution in [1.82, 2.24) is 14.9 Å². The Bertz CT molecular complexity index is 1190. The van der Waals surface area contributed by atoms with Gasteiger partial charge in [-0.25, -0.2) is 13.8 Å².